The fourth-order valence-electron chi connectivity index (χ4n) is 3.79. The molecule has 0 saturated carbocycles. The van der Waals surface area contributed by atoms with Gasteiger partial charge >= 0.3 is 0 Å². The van der Waals surface area contributed by atoms with E-state index in [9.17, 15) is 0 Å². The lowest BCUT2D eigenvalue weighted by Crippen LogP contribution is -2.05. The molecule has 0 N–H and O–H groups in total. The minimum Gasteiger partial charge on any atom is -0.0622 e. The molecule has 0 radical (unpaired) electrons. The molecule has 4 aliphatic rings. The maximum atomic E-state index is 2.46. The normalized spacial score (nSPS) is 14.9. The summed E-state index contributed by atoms with van der Waals surface area (Å²) < 4.78 is 0. The number of hydrogen-bond acceptors (Lipinski definition) is 0. The highest BCUT2D eigenvalue weighted by atomic mass is 14.2. The quantitative estimate of drug-likeness (QED) is 0.567. The van der Waals surface area contributed by atoms with Gasteiger partial charge in [0.2, 0.25) is 0 Å². The van der Waals surface area contributed by atoms with Gasteiger partial charge in [0.15, 0.2) is 0 Å². The molecular formula is C24H24. The standard InChI is InChI=1S/C24H24/c1-18(22-5-3-2-4-6-22)24-17-21-12-11-19-7-9-20(10-8-19)13-15-23(24)16-14-21/h2-10,14,16-18H,11-13,15H2,1H3. The minimum atomic E-state index is 0.449. The summed E-state index contributed by atoms with van der Waals surface area (Å²) in [6, 6.07) is 27.3. The first-order chi connectivity index (χ1) is 11.8. The van der Waals surface area contributed by atoms with Crippen molar-refractivity contribution in [1.29, 1.82) is 0 Å². The van der Waals surface area contributed by atoms with Gasteiger partial charge in [0.25, 0.3) is 0 Å². The predicted octanol–water partition coefficient (Wildman–Crippen LogP) is 5.72. The largest absolute Gasteiger partial charge is 0.0622 e. The van der Waals surface area contributed by atoms with E-state index in [1.54, 1.807) is 0 Å². The van der Waals surface area contributed by atoms with Crippen LogP contribution in [0.15, 0.2) is 72.8 Å². The molecule has 120 valence electrons. The third-order valence-corrected chi connectivity index (χ3v) is 5.38. The maximum Gasteiger partial charge on any atom is 0.00638 e. The van der Waals surface area contributed by atoms with Gasteiger partial charge in [0.1, 0.15) is 0 Å². The van der Waals surface area contributed by atoms with Gasteiger partial charge in [-0.05, 0) is 59.1 Å². The van der Waals surface area contributed by atoms with Crippen LogP contribution in [-0.4, -0.2) is 0 Å². The molecule has 0 saturated heterocycles. The number of aryl methyl sites for hydroxylation is 4. The molecule has 0 aromatic heterocycles. The molecule has 24 heavy (non-hydrogen) atoms. The van der Waals surface area contributed by atoms with E-state index in [4.69, 9.17) is 0 Å². The van der Waals surface area contributed by atoms with E-state index < -0.39 is 0 Å². The van der Waals surface area contributed by atoms with Crippen LogP contribution >= 0.6 is 0 Å². The Morgan fingerprint density at radius 2 is 1.21 bits per heavy atom. The molecule has 4 aliphatic carbocycles. The Kier molecular flexibility index (Phi) is 4.21. The van der Waals surface area contributed by atoms with Gasteiger partial charge in [-0.15, -0.1) is 0 Å². The number of benzene rings is 3. The van der Waals surface area contributed by atoms with Crippen molar-refractivity contribution in [1.82, 2.24) is 0 Å². The van der Waals surface area contributed by atoms with Gasteiger partial charge in [-0.1, -0.05) is 79.7 Å². The van der Waals surface area contributed by atoms with Crippen molar-refractivity contribution in [3.05, 3.63) is 106 Å². The third kappa shape index (κ3) is 3.14. The van der Waals surface area contributed by atoms with Crippen molar-refractivity contribution in [2.75, 3.05) is 0 Å². The van der Waals surface area contributed by atoms with Crippen molar-refractivity contribution in [3.63, 3.8) is 0 Å². The Bertz CT molecular complexity index is 812. The van der Waals surface area contributed by atoms with Crippen molar-refractivity contribution in [2.24, 2.45) is 0 Å². The van der Waals surface area contributed by atoms with E-state index in [0.717, 1.165) is 25.7 Å². The Hall–Kier alpha value is -2.34. The zero-order valence-electron chi connectivity index (χ0n) is 14.3. The summed E-state index contributed by atoms with van der Waals surface area (Å²) in [5, 5.41) is 0. The van der Waals surface area contributed by atoms with E-state index in [-0.39, 0.29) is 0 Å². The molecule has 0 aliphatic heterocycles. The molecule has 0 amide bonds. The van der Waals surface area contributed by atoms with Gasteiger partial charge in [-0.3, -0.25) is 0 Å². The third-order valence-electron chi connectivity index (χ3n) is 5.38. The highest BCUT2D eigenvalue weighted by molar-refractivity contribution is 5.41. The second kappa shape index (κ2) is 6.65. The summed E-state index contributed by atoms with van der Waals surface area (Å²) in [5.41, 5.74) is 8.77. The van der Waals surface area contributed by atoms with Gasteiger partial charge in [-0.25, -0.2) is 0 Å². The van der Waals surface area contributed by atoms with Crippen LogP contribution in [0.25, 0.3) is 0 Å². The van der Waals surface area contributed by atoms with E-state index in [1.807, 2.05) is 0 Å². The van der Waals surface area contributed by atoms with Gasteiger partial charge in [0, 0.05) is 5.92 Å². The zero-order valence-corrected chi connectivity index (χ0v) is 14.3. The molecule has 0 fully saturated rings. The second-order valence-electron chi connectivity index (χ2n) is 6.98. The predicted molar refractivity (Wildman–Crippen MR) is 102 cm³/mol. The van der Waals surface area contributed by atoms with Crippen molar-refractivity contribution >= 4 is 0 Å². The summed E-state index contributed by atoms with van der Waals surface area (Å²) in [4.78, 5) is 0. The van der Waals surface area contributed by atoms with Crippen molar-refractivity contribution < 1.29 is 0 Å². The maximum absolute atomic E-state index is 2.46. The summed E-state index contributed by atoms with van der Waals surface area (Å²) in [5.74, 6) is 0.449. The van der Waals surface area contributed by atoms with Crippen LogP contribution in [0, 0.1) is 0 Å². The zero-order chi connectivity index (χ0) is 16.4. The van der Waals surface area contributed by atoms with E-state index >= 15 is 0 Å². The lowest BCUT2D eigenvalue weighted by molar-refractivity contribution is 0.850. The van der Waals surface area contributed by atoms with Gasteiger partial charge in [0.05, 0.1) is 0 Å². The fourth-order valence-corrected chi connectivity index (χ4v) is 3.79. The monoisotopic (exact) mass is 312 g/mol. The average molecular weight is 312 g/mol. The van der Waals surface area contributed by atoms with Crippen LogP contribution in [0.2, 0.25) is 0 Å². The van der Waals surface area contributed by atoms with E-state index in [2.05, 4.69) is 79.7 Å². The summed E-state index contributed by atoms with van der Waals surface area (Å²) in [6.07, 6.45) is 4.48. The minimum absolute atomic E-state index is 0.449. The van der Waals surface area contributed by atoms with Gasteiger partial charge in [-0.2, -0.15) is 0 Å². The highest BCUT2D eigenvalue weighted by Crippen LogP contribution is 2.29. The van der Waals surface area contributed by atoms with Crippen LogP contribution in [0.5, 0.6) is 0 Å². The average Bonchev–Trinajstić information content (AvgIpc) is 2.64. The molecule has 0 nitrogen and oxygen atoms in total. The smallest absolute Gasteiger partial charge is 0.00638 e. The molecule has 4 bridgehead atoms. The van der Waals surface area contributed by atoms with Crippen LogP contribution in [0.3, 0.4) is 0 Å². The van der Waals surface area contributed by atoms with Crippen LogP contribution in [0.1, 0.15) is 46.2 Å². The summed E-state index contributed by atoms with van der Waals surface area (Å²) >= 11 is 0. The Morgan fingerprint density at radius 3 is 1.92 bits per heavy atom. The molecule has 1 unspecified atom stereocenters. The van der Waals surface area contributed by atoms with Crippen molar-refractivity contribution in [2.45, 2.75) is 38.5 Å². The molecule has 7 rings (SSSR count). The first-order valence-corrected chi connectivity index (χ1v) is 9.04. The molecular weight excluding hydrogens is 288 g/mol. The van der Waals surface area contributed by atoms with E-state index in [0.29, 0.717) is 5.92 Å². The lowest BCUT2D eigenvalue weighted by atomic mass is 9.85. The molecule has 0 heterocycles. The first kappa shape index (κ1) is 15.2. The summed E-state index contributed by atoms with van der Waals surface area (Å²) in [7, 11) is 0. The molecule has 0 heteroatoms. The van der Waals surface area contributed by atoms with Crippen molar-refractivity contribution in [3.8, 4) is 0 Å². The number of rotatable bonds is 2. The van der Waals surface area contributed by atoms with E-state index in [1.165, 1.54) is 33.4 Å². The Balaban J connectivity index is 1.73. The number of hydrogen-bond donors (Lipinski definition) is 0. The highest BCUT2D eigenvalue weighted by Gasteiger charge is 2.14. The molecule has 3 aromatic carbocycles. The summed E-state index contributed by atoms with van der Waals surface area (Å²) in [6.45, 7) is 2.34. The van der Waals surface area contributed by atoms with Gasteiger partial charge < -0.3 is 0 Å². The lowest BCUT2D eigenvalue weighted by Gasteiger charge is -2.20. The Morgan fingerprint density at radius 1 is 0.625 bits per heavy atom. The van der Waals surface area contributed by atoms with Crippen LogP contribution in [-0.2, 0) is 25.7 Å². The second-order valence-corrected chi connectivity index (χ2v) is 6.98. The molecule has 3 aromatic rings. The first-order valence-electron chi connectivity index (χ1n) is 9.04. The molecule has 1 atom stereocenters. The topological polar surface area (TPSA) is 0 Å². The van der Waals surface area contributed by atoms with Crippen LogP contribution in [0.4, 0.5) is 0 Å². The SMILES string of the molecule is CC(c1ccccc1)c1cc2ccc1CCc1ccc(cc1)CC2. The Labute approximate surface area is 145 Å². The van der Waals surface area contributed by atoms with Crippen LogP contribution < -0.4 is 0 Å². The fraction of sp³-hybridized carbons (Fsp3) is 0.250. The molecule has 0 spiro atoms.